The molecule has 0 unspecified atom stereocenters. The first kappa shape index (κ1) is 17.5. The zero-order valence-electron chi connectivity index (χ0n) is 13.7. The number of hydrogen-bond donors (Lipinski definition) is 2. The molecule has 0 aliphatic rings. The lowest BCUT2D eigenvalue weighted by Gasteiger charge is -2.08. The number of nitrogens with two attached hydrogens (primary N) is 1. The van der Waals surface area contributed by atoms with E-state index >= 15 is 0 Å². The van der Waals surface area contributed by atoms with Gasteiger partial charge >= 0.3 is 0 Å². The fourth-order valence-corrected chi connectivity index (χ4v) is 2.25. The highest BCUT2D eigenvalue weighted by Gasteiger charge is 2.04. The minimum absolute atomic E-state index is 0.0488. The van der Waals surface area contributed by atoms with Crippen molar-refractivity contribution in [1.29, 1.82) is 0 Å². The summed E-state index contributed by atoms with van der Waals surface area (Å²) >= 11 is 0. The van der Waals surface area contributed by atoms with Gasteiger partial charge in [-0.15, -0.1) is 0 Å². The van der Waals surface area contributed by atoms with E-state index in [0.717, 1.165) is 16.9 Å². The van der Waals surface area contributed by atoms with Gasteiger partial charge in [-0.3, -0.25) is 9.59 Å². The second-order valence-electron chi connectivity index (χ2n) is 5.61. The van der Waals surface area contributed by atoms with Crippen molar-refractivity contribution >= 4 is 11.8 Å². The number of nitrogens with one attached hydrogen (secondary N) is 1. The normalized spacial score (nSPS) is 10.2. The maximum atomic E-state index is 11.8. The van der Waals surface area contributed by atoms with Crippen LogP contribution in [0.25, 0.3) is 0 Å². The number of benzene rings is 2. The van der Waals surface area contributed by atoms with Crippen LogP contribution in [-0.2, 0) is 11.3 Å². The van der Waals surface area contributed by atoms with Crippen molar-refractivity contribution in [3.63, 3.8) is 0 Å². The van der Waals surface area contributed by atoms with Crippen LogP contribution in [0.3, 0.4) is 0 Å². The Balaban J connectivity index is 1.68. The number of rotatable bonds is 8. The highest BCUT2D eigenvalue weighted by Crippen LogP contribution is 2.12. The van der Waals surface area contributed by atoms with E-state index in [9.17, 15) is 9.59 Å². The van der Waals surface area contributed by atoms with Gasteiger partial charge < -0.3 is 15.8 Å². The Bertz CT molecular complexity index is 713. The number of carbonyl (C=O) groups is 2. The average Bonchev–Trinajstić information content (AvgIpc) is 2.57. The Labute approximate surface area is 141 Å². The summed E-state index contributed by atoms with van der Waals surface area (Å²) in [5.74, 6) is 0.294. The van der Waals surface area contributed by atoms with Crippen LogP contribution in [-0.4, -0.2) is 18.4 Å². The largest absolute Gasteiger partial charge is 0.494 e. The van der Waals surface area contributed by atoms with Crippen LogP contribution in [0, 0.1) is 6.92 Å². The highest BCUT2D eigenvalue weighted by atomic mass is 16.5. The number of primary amides is 1. The predicted molar refractivity (Wildman–Crippen MR) is 92.7 cm³/mol. The van der Waals surface area contributed by atoms with Gasteiger partial charge in [-0.25, -0.2) is 0 Å². The lowest BCUT2D eigenvalue weighted by atomic mass is 10.1. The van der Waals surface area contributed by atoms with E-state index in [1.54, 1.807) is 18.2 Å². The van der Waals surface area contributed by atoms with E-state index in [4.69, 9.17) is 10.5 Å². The molecule has 0 aromatic heterocycles. The first-order valence-corrected chi connectivity index (χ1v) is 7.89. The molecule has 2 amide bonds. The third-order valence-electron chi connectivity index (χ3n) is 3.51. The fourth-order valence-electron chi connectivity index (χ4n) is 2.25. The minimum Gasteiger partial charge on any atom is -0.494 e. The number of ether oxygens (including phenoxy) is 1. The molecule has 0 bridgehead atoms. The van der Waals surface area contributed by atoms with Crippen LogP contribution in [0.15, 0.2) is 48.5 Å². The molecule has 0 saturated heterocycles. The smallest absolute Gasteiger partial charge is 0.248 e. The molecular formula is C19H22N2O3. The topological polar surface area (TPSA) is 81.4 Å². The molecule has 24 heavy (non-hydrogen) atoms. The van der Waals surface area contributed by atoms with Crippen molar-refractivity contribution in [2.45, 2.75) is 26.3 Å². The number of carbonyl (C=O) groups excluding carboxylic acids is 2. The Hall–Kier alpha value is -2.82. The Morgan fingerprint density at radius 1 is 1.12 bits per heavy atom. The van der Waals surface area contributed by atoms with Crippen molar-refractivity contribution < 1.29 is 14.3 Å². The lowest BCUT2D eigenvalue weighted by molar-refractivity contribution is -0.121. The van der Waals surface area contributed by atoms with Crippen LogP contribution in [0.4, 0.5) is 0 Å². The number of hydrogen-bond acceptors (Lipinski definition) is 3. The SMILES string of the molecule is Cc1cccc(OCCCC(=O)NCc2cccc(C(N)=O)c2)c1. The fraction of sp³-hybridized carbons (Fsp3) is 0.263. The van der Waals surface area contributed by atoms with E-state index in [-0.39, 0.29) is 5.91 Å². The van der Waals surface area contributed by atoms with Gasteiger partial charge in [0.1, 0.15) is 5.75 Å². The monoisotopic (exact) mass is 326 g/mol. The molecular weight excluding hydrogens is 304 g/mol. The Kier molecular flexibility index (Phi) is 6.37. The van der Waals surface area contributed by atoms with E-state index in [1.165, 1.54) is 0 Å². The summed E-state index contributed by atoms with van der Waals surface area (Å²) in [4.78, 5) is 23.0. The van der Waals surface area contributed by atoms with Crippen molar-refractivity contribution in [1.82, 2.24) is 5.32 Å². The highest BCUT2D eigenvalue weighted by molar-refractivity contribution is 5.92. The summed E-state index contributed by atoms with van der Waals surface area (Å²) in [6.45, 7) is 2.88. The molecule has 0 fully saturated rings. The van der Waals surface area contributed by atoms with Crippen LogP contribution < -0.4 is 15.8 Å². The summed E-state index contributed by atoms with van der Waals surface area (Å²) in [5, 5.41) is 2.83. The van der Waals surface area contributed by atoms with E-state index < -0.39 is 5.91 Å². The Morgan fingerprint density at radius 3 is 2.67 bits per heavy atom. The molecule has 0 heterocycles. The molecule has 2 aromatic rings. The maximum Gasteiger partial charge on any atom is 0.248 e. The van der Waals surface area contributed by atoms with E-state index in [0.29, 0.717) is 31.6 Å². The van der Waals surface area contributed by atoms with E-state index in [1.807, 2.05) is 37.3 Å². The number of amides is 2. The minimum atomic E-state index is -0.475. The van der Waals surface area contributed by atoms with Crippen molar-refractivity contribution in [2.75, 3.05) is 6.61 Å². The van der Waals surface area contributed by atoms with Gasteiger partial charge in [0.25, 0.3) is 0 Å². The summed E-state index contributed by atoms with van der Waals surface area (Å²) in [6, 6.07) is 14.7. The second-order valence-corrected chi connectivity index (χ2v) is 5.61. The van der Waals surface area contributed by atoms with Gasteiger partial charge in [0.05, 0.1) is 6.61 Å². The Morgan fingerprint density at radius 2 is 1.92 bits per heavy atom. The standard InChI is InChI=1S/C19H22N2O3/c1-14-5-2-8-17(11-14)24-10-4-9-18(22)21-13-15-6-3-7-16(12-15)19(20)23/h2-3,5-8,11-12H,4,9-10,13H2,1H3,(H2,20,23)(H,21,22). The molecule has 126 valence electrons. The molecule has 2 aromatic carbocycles. The molecule has 0 aliphatic carbocycles. The van der Waals surface area contributed by atoms with Crippen LogP contribution in [0.5, 0.6) is 5.75 Å². The number of aryl methyl sites for hydroxylation is 1. The van der Waals surface area contributed by atoms with Crippen molar-refractivity contribution in [3.05, 3.63) is 65.2 Å². The van der Waals surface area contributed by atoms with Gasteiger partial charge in [0.15, 0.2) is 0 Å². The molecule has 0 saturated carbocycles. The molecule has 5 nitrogen and oxygen atoms in total. The van der Waals surface area contributed by atoms with Crippen molar-refractivity contribution in [3.8, 4) is 5.75 Å². The predicted octanol–water partition coefficient (Wildman–Crippen LogP) is 2.57. The molecule has 0 radical (unpaired) electrons. The van der Waals surface area contributed by atoms with Crippen LogP contribution in [0.2, 0.25) is 0 Å². The summed E-state index contributed by atoms with van der Waals surface area (Å²) in [7, 11) is 0. The molecule has 0 spiro atoms. The van der Waals surface area contributed by atoms with Gasteiger partial charge in [-0.2, -0.15) is 0 Å². The maximum absolute atomic E-state index is 11.8. The summed E-state index contributed by atoms with van der Waals surface area (Å²) in [6.07, 6.45) is 1.03. The first-order valence-electron chi connectivity index (χ1n) is 7.89. The molecule has 0 atom stereocenters. The zero-order valence-corrected chi connectivity index (χ0v) is 13.7. The first-order chi connectivity index (χ1) is 11.5. The zero-order chi connectivity index (χ0) is 17.4. The quantitative estimate of drug-likeness (QED) is 0.732. The summed E-state index contributed by atoms with van der Waals surface area (Å²) in [5.41, 5.74) is 7.66. The molecule has 3 N–H and O–H groups in total. The third-order valence-corrected chi connectivity index (χ3v) is 3.51. The second kappa shape index (κ2) is 8.72. The average molecular weight is 326 g/mol. The molecule has 0 aliphatic heterocycles. The van der Waals surface area contributed by atoms with E-state index in [2.05, 4.69) is 5.32 Å². The van der Waals surface area contributed by atoms with Crippen LogP contribution >= 0.6 is 0 Å². The van der Waals surface area contributed by atoms with Gasteiger partial charge in [-0.05, 0) is 48.7 Å². The van der Waals surface area contributed by atoms with Crippen molar-refractivity contribution in [2.24, 2.45) is 5.73 Å². The van der Waals surface area contributed by atoms with Gasteiger partial charge in [-0.1, -0.05) is 24.3 Å². The molecule has 5 heteroatoms. The molecule has 2 rings (SSSR count). The summed E-state index contributed by atoms with van der Waals surface area (Å²) < 4.78 is 5.61. The lowest BCUT2D eigenvalue weighted by Crippen LogP contribution is -2.23. The van der Waals surface area contributed by atoms with Gasteiger partial charge in [0.2, 0.25) is 11.8 Å². The third kappa shape index (κ3) is 5.76. The van der Waals surface area contributed by atoms with Gasteiger partial charge in [0, 0.05) is 18.5 Å². The van der Waals surface area contributed by atoms with Crippen LogP contribution in [0.1, 0.15) is 34.3 Å².